The second-order valence-electron chi connectivity index (χ2n) is 19.9. The van der Waals surface area contributed by atoms with E-state index in [-0.39, 0.29) is 48.5 Å². The zero-order valence-electron chi connectivity index (χ0n) is 48.9. The van der Waals surface area contributed by atoms with E-state index in [4.69, 9.17) is 23.7 Å². The van der Waals surface area contributed by atoms with Crippen molar-refractivity contribution in [3.8, 4) is 62.4 Å². The molecular weight excluding hydrogens is 1300 g/mol. The molecule has 24 heteroatoms. The highest BCUT2D eigenvalue weighted by molar-refractivity contribution is 9.10. The minimum atomic E-state index is -4.21. The van der Waals surface area contributed by atoms with Crippen molar-refractivity contribution < 1.29 is 40.5 Å². The molecule has 1 aliphatic heterocycles. The molecule has 89 heavy (non-hydrogen) atoms. The number of ether oxygens (including phenoxy) is 5. The lowest BCUT2D eigenvalue weighted by atomic mass is 10.0. The second kappa shape index (κ2) is 28.9. The van der Waals surface area contributed by atoms with Gasteiger partial charge in [0.1, 0.15) is 38.0 Å². The number of hydrogen-bond acceptors (Lipinski definition) is 17. The van der Waals surface area contributed by atoms with Gasteiger partial charge in [0, 0.05) is 60.8 Å². The monoisotopic (exact) mass is 1360 g/mol. The Bertz CT molecular complexity index is 4240. The van der Waals surface area contributed by atoms with Crippen LogP contribution in [0.5, 0.6) is 28.7 Å². The van der Waals surface area contributed by atoms with Crippen LogP contribution in [0, 0.1) is 0 Å². The van der Waals surface area contributed by atoms with Crippen molar-refractivity contribution in [1.29, 1.82) is 0 Å². The van der Waals surface area contributed by atoms with E-state index >= 15 is 8.42 Å². The lowest BCUT2D eigenvalue weighted by Crippen LogP contribution is -2.31. The number of azo groups is 1. The molecule has 0 fully saturated rings. The summed E-state index contributed by atoms with van der Waals surface area (Å²) in [6, 6.07) is 54.6. The quantitative estimate of drug-likeness (QED) is 0.0543. The van der Waals surface area contributed by atoms with E-state index in [1.54, 1.807) is 89.0 Å². The predicted octanol–water partition coefficient (Wildman–Crippen LogP) is 12.7. The lowest BCUT2D eigenvalue weighted by molar-refractivity contribution is 0.397. The molecule has 0 spiro atoms. The van der Waals surface area contributed by atoms with Gasteiger partial charge in [-0.3, -0.25) is 0 Å². The number of rotatable bonds is 23. The molecule has 0 radical (unpaired) electrons. The van der Waals surface area contributed by atoms with Gasteiger partial charge in [-0.15, -0.1) is 10.2 Å². The number of pyridine rings is 2. The Hall–Kier alpha value is -9.04. The van der Waals surface area contributed by atoms with Crippen molar-refractivity contribution in [2.24, 2.45) is 15.2 Å². The van der Waals surface area contributed by atoms with E-state index in [0.29, 0.717) is 72.4 Å². The third-order valence-corrected chi connectivity index (χ3v) is 19.0. The highest BCUT2D eigenvalue weighted by atomic mass is 79.9. The van der Waals surface area contributed by atoms with E-state index in [2.05, 4.69) is 72.6 Å². The number of nitrogens with zero attached hydrogens (tertiary/aromatic N) is 11. The van der Waals surface area contributed by atoms with E-state index in [1.165, 1.54) is 8.61 Å². The second-order valence-corrected chi connectivity index (χ2v) is 25.3. The maximum atomic E-state index is 15.0. The van der Waals surface area contributed by atoms with Crippen LogP contribution in [0.2, 0.25) is 0 Å². The van der Waals surface area contributed by atoms with Crippen molar-refractivity contribution in [1.82, 2.24) is 38.8 Å². The highest BCUT2D eigenvalue weighted by Gasteiger charge is 2.34. The molecule has 1 aliphatic rings. The van der Waals surface area contributed by atoms with Crippen molar-refractivity contribution in [3.63, 3.8) is 0 Å². The minimum absolute atomic E-state index is 0.0562. The normalized spacial score (nSPS) is 12.1. The smallest absolute Gasteiger partial charge is 0.244 e. The summed E-state index contributed by atoms with van der Waals surface area (Å²) in [5.74, 6) is 4.01. The molecule has 454 valence electrons. The average Bonchev–Trinajstić information content (AvgIpc) is 1.71. The van der Waals surface area contributed by atoms with Gasteiger partial charge in [-0.1, -0.05) is 97.1 Å². The Morgan fingerprint density at radius 3 is 1.18 bits per heavy atom. The fourth-order valence-corrected chi connectivity index (χ4v) is 13.4. The van der Waals surface area contributed by atoms with Crippen LogP contribution in [0.15, 0.2) is 229 Å². The minimum Gasteiger partial charge on any atom is -0.497 e. The number of amidine groups is 1. The molecule has 20 nitrogen and oxygen atoms in total. The number of aliphatic imine (C=N–C) groups is 1. The van der Waals surface area contributed by atoms with Gasteiger partial charge in [0.05, 0.1) is 51.9 Å². The van der Waals surface area contributed by atoms with Gasteiger partial charge in [-0.2, -0.15) is 13.7 Å². The summed E-state index contributed by atoms with van der Waals surface area (Å²) in [6.45, 7) is 0.895. The molecule has 0 saturated carbocycles. The van der Waals surface area contributed by atoms with Crippen LogP contribution in [0.3, 0.4) is 0 Å². The van der Waals surface area contributed by atoms with Crippen LogP contribution >= 0.6 is 31.9 Å². The fourth-order valence-electron chi connectivity index (χ4n) is 9.73. The van der Waals surface area contributed by atoms with Crippen LogP contribution in [0.25, 0.3) is 33.6 Å². The Morgan fingerprint density at radius 2 is 0.831 bits per heavy atom. The van der Waals surface area contributed by atoms with E-state index in [0.717, 1.165) is 39.1 Å². The molecule has 11 rings (SSSR count). The molecule has 0 aliphatic carbocycles. The van der Waals surface area contributed by atoms with Crippen LogP contribution in [-0.4, -0.2) is 104 Å². The number of hydrogen-bond donors (Lipinski definition) is 0. The van der Waals surface area contributed by atoms with E-state index in [9.17, 15) is 8.42 Å². The maximum Gasteiger partial charge on any atom is 0.244 e. The summed E-state index contributed by atoms with van der Waals surface area (Å²) in [5.41, 5.74) is 7.55. The fraction of sp³-hybridized carbons (Fsp3) is 0.169. The van der Waals surface area contributed by atoms with Crippen molar-refractivity contribution in [2.75, 3.05) is 42.2 Å². The Labute approximate surface area is 532 Å². The molecule has 0 N–H and O–H groups in total. The standard InChI is InChI=1S/C36H33BrN6O5S.C29H26BrN5O4S/c1-46-29-14-7-25(8-15-29)22-42(23-26-9-16-30(47-2)17-10-26)49(44,45)33-6-4-5-32(28-13-20-34(37)38-21-28)35(33)36-39-40-41-43(36)24-27-11-18-31(48-3)19-12-27;1-38-23-11-6-20(7-12-23)17-35(18-21-8-13-24(39-2)14-9-21)40(36,37)26-5-3-4-25(22-10-15-27(30)31-16-22)28(26)29-32-19-33-34-29/h4-21H,22-24H2,1-3H3;3-16H,17-19H2,1-2H3. The Morgan fingerprint density at radius 1 is 0.461 bits per heavy atom. The van der Waals surface area contributed by atoms with Gasteiger partial charge in [0.15, 0.2) is 18.3 Å². The van der Waals surface area contributed by atoms with Gasteiger partial charge in [0.25, 0.3) is 0 Å². The molecule has 0 atom stereocenters. The number of sulfonamides is 2. The van der Waals surface area contributed by atoms with Crippen LogP contribution in [-0.2, 0) is 52.8 Å². The molecule has 0 amide bonds. The molecule has 7 aromatic carbocycles. The van der Waals surface area contributed by atoms with Crippen LogP contribution < -0.4 is 23.7 Å². The predicted molar refractivity (Wildman–Crippen MR) is 345 cm³/mol. The molecule has 4 heterocycles. The molecule has 0 unspecified atom stereocenters. The summed E-state index contributed by atoms with van der Waals surface area (Å²) in [6.07, 6.45) is 3.36. The highest BCUT2D eigenvalue weighted by Crippen LogP contribution is 2.39. The third kappa shape index (κ3) is 15.1. The van der Waals surface area contributed by atoms with Gasteiger partial charge in [0.2, 0.25) is 20.0 Å². The molecule has 10 aromatic rings. The zero-order valence-corrected chi connectivity index (χ0v) is 53.7. The lowest BCUT2D eigenvalue weighted by Gasteiger charge is -2.25. The maximum absolute atomic E-state index is 15.0. The van der Waals surface area contributed by atoms with Gasteiger partial charge < -0.3 is 23.7 Å². The molecule has 0 bridgehead atoms. The van der Waals surface area contributed by atoms with Gasteiger partial charge in [-0.05, 0) is 166 Å². The first kappa shape index (κ1) is 63.0. The van der Waals surface area contributed by atoms with Crippen molar-refractivity contribution in [3.05, 3.63) is 237 Å². The van der Waals surface area contributed by atoms with Crippen LogP contribution in [0.4, 0.5) is 0 Å². The summed E-state index contributed by atoms with van der Waals surface area (Å²) in [4.78, 5) is 13.3. The van der Waals surface area contributed by atoms with Gasteiger partial charge in [-0.25, -0.2) is 36.5 Å². The summed E-state index contributed by atoms with van der Waals surface area (Å²) < 4.78 is 91.5. The SMILES string of the molecule is COc1ccc(CN(Cc2ccc(OC)cc2)S(=O)(=O)c2cccc(-c3ccc(Br)nc3)c2-c2nnnn2Cc2ccc(OC)cc2)cc1.COc1ccc(CN(Cc2ccc(OC)cc2)S(=O)(=O)c2cccc(-c3ccc(Br)nc3)c2C2=NCN=N2)cc1. The Kier molecular flexibility index (Phi) is 20.4. The first-order valence-electron chi connectivity index (χ1n) is 27.5. The number of tetrazole rings is 1. The van der Waals surface area contributed by atoms with Gasteiger partial charge >= 0.3 is 0 Å². The zero-order chi connectivity index (χ0) is 62.5. The first-order chi connectivity index (χ1) is 43.2. The summed E-state index contributed by atoms with van der Waals surface area (Å²) >= 11 is 6.77. The van der Waals surface area contributed by atoms with Crippen molar-refractivity contribution >= 4 is 57.7 Å². The largest absolute Gasteiger partial charge is 0.497 e. The molecule has 0 saturated heterocycles. The van der Waals surface area contributed by atoms with Crippen molar-refractivity contribution in [2.45, 2.75) is 42.5 Å². The summed E-state index contributed by atoms with van der Waals surface area (Å²) in [7, 11) is -0.313. The first-order valence-corrected chi connectivity index (χ1v) is 32.0. The number of aromatic nitrogens is 6. The van der Waals surface area contributed by atoms with E-state index < -0.39 is 20.0 Å². The third-order valence-electron chi connectivity index (χ3n) is 14.4. The molecular formula is C65H59Br2N11O9S2. The Balaban J connectivity index is 0.000000200. The summed E-state index contributed by atoms with van der Waals surface area (Å²) in [5, 5.41) is 20.9. The average molecular weight is 1360 g/mol. The number of halogens is 2. The number of benzene rings is 7. The number of methoxy groups -OCH3 is 5. The topological polar surface area (TPSA) is 227 Å². The van der Waals surface area contributed by atoms with E-state index in [1.807, 2.05) is 146 Å². The molecule has 3 aromatic heterocycles. The van der Waals surface area contributed by atoms with Crippen LogP contribution in [0.1, 0.15) is 33.4 Å².